The molecule has 92 valence electrons. The minimum absolute atomic E-state index is 0.561. The first-order chi connectivity index (χ1) is 7.76. The first-order valence-corrected chi connectivity index (χ1v) is 7.52. The zero-order valence-corrected chi connectivity index (χ0v) is 10.8. The average Bonchev–Trinajstić information content (AvgIpc) is 2.84. The molecule has 1 spiro atoms. The van der Waals surface area contributed by atoms with Crippen LogP contribution in [-0.2, 0) is 0 Å². The highest BCUT2D eigenvalue weighted by Crippen LogP contribution is 2.62. The highest BCUT2D eigenvalue weighted by molar-refractivity contribution is 5.09. The molecule has 0 radical (unpaired) electrons. The van der Waals surface area contributed by atoms with E-state index in [1.54, 1.807) is 0 Å². The van der Waals surface area contributed by atoms with Gasteiger partial charge in [-0.25, -0.2) is 0 Å². The predicted octanol–water partition coefficient (Wildman–Crippen LogP) is 3.72. The molecule has 1 nitrogen and oxygen atoms in total. The molecule has 0 saturated heterocycles. The van der Waals surface area contributed by atoms with Crippen LogP contribution in [0.3, 0.4) is 0 Å². The molecule has 3 saturated carbocycles. The van der Waals surface area contributed by atoms with Crippen molar-refractivity contribution in [3.05, 3.63) is 0 Å². The molecule has 3 aliphatic carbocycles. The average molecular weight is 221 g/mol. The van der Waals surface area contributed by atoms with Gasteiger partial charge in [-0.05, 0) is 55.3 Å². The Labute approximate surface area is 100 Å². The van der Waals surface area contributed by atoms with E-state index in [1.807, 2.05) is 0 Å². The third-order valence-corrected chi connectivity index (χ3v) is 6.08. The molecule has 0 heterocycles. The van der Waals surface area contributed by atoms with Gasteiger partial charge in [0.15, 0.2) is 0 Å². The van der Waals surface area contributed by atoms with Crippen molar-refractivity contribution in [1.29, 1.82) is 0 Å². The maximum atomic E-state index is 6.59. The minimum Gasteiger partial charge on any atom is -0.327 e. The molecule has 0 aliphatic heterocycles. The van der Waals surface area contributed by atoms with Crippen molar-refractivity contribution < 1.29 is 0 Å². The quantitative estimate of drug-likeness (QED) is 0.755. The predicted molar refractivity (Wildman–Crippen MR) is 68.1 cm³/mol. The van der Waals surface area contributed by atoms with Crippen LogP contribution in [0.5, 0.6) is 0 Å². The van der Waals surface area contributed by atoms with E-state index in [4.69, 9.17) is 5.73 Å². The Morgan fingerprint density at radius 2 is 2.12 bits per heavy atom. The molecule has 3 aliphatic rings. The summed E-state index contributed by atoms with van der Waals surface area (Å²) in [6.45, 7) is 2.34. The fraction of sp³-hybridized carbons (Fsp3) is 1.00. The zero-order valence-electron chi connectivity index (χ0n) is 10.8. The van der Waals surface area contributed by atoms with Gasteiger partial charge in [0.1, 0.15) is 0 Å². The lowest BCUT2D eigenvalue weighted by molar-refractivity contribution is 0.0456. The standard InChI is InChI=1S/C15H27N/c1-2-4-11-5-3-8-15(10-11)13-7-6-12(9-13)14(15)16/h11-14H,2-10,16H2,1H3/t11-,12-,13+,14+,15-/m1/s1. The summed E-state index contributed by atoms with van der Waals surface area (Å²) in [5.41, 5.74) is 7.19. The summed E-state index contributed by atoms with van der Waals surface area (Å²) in [7, 11) is 0. The second-order valence-corrected chi connectivity index (χ2v) is 6.78. The summed E-state index contributed by atoms with van der Waals surface area (Å²) >= 11 is 0. The van der Waals surface area contributed by atoms with Crippen molar-refractivity contribution in [1.82, 2.24) is 0 Å². The molecule has 3 rings (SSSR count). The van der Waals surface area contributed by atoms with Gasteiger partial charge >= 0.3 is 0 Å². The third kappa shape index (κ3) is 1.47. The van der Waals surface area contributed by atoms with E-state index in [0.717, 1.165) is 17.8 Å². The van der Waals surface area contributed by atoms with Crippen molar-refractivity contribution in [3.8, 4) is 0 Å². The molecule has 0 aromatic rings. The molecule has 0 aromatic carbocycles. The first kappa shape index (κ1) is 11.1. The van der Waals surface area contributed by atoms with Gasteiger partial charge in [0, 0.05) is 6.04 Å². The molecule has 5 atom stereocenters. The van der Waals surface area contributed by atoms with Crippen LogP contribution in [0.4, 0.5) is 0 Å². The van der Waals surface area contributed by atoms with Crippen molar-refractivity contribution in [2.75, 3.05) is 0 Å². The van der Waals surface area contributed by atoms with Crippen molar-refractivity contribution >= 4 is 0 Å². The van der Waals surface area contributed by atoms with Gasteiger partial charge < -0.3 is 5.73 Å². The summed E-state index contributed by atoms with van der Waals surface area (Å²) in [5, 5.41) is 0. The lowest BCUT2D eigenvalue weighted by Gasteiger charge is -2.48. The van der Waals surface area contributed by atoms with Gasteiger partial charge in [-0.1, -0.05) is 32.6 Å². The third-order valence-electron chi connectivity index (χ3n) is 6.08. The van der Waals surface area contributed by atoms with Crippen molar-refractivity contribution in [3.63, 3.8) is 0 Å². The summed E-state index contributed by atoms with van der Waals surface area (Å²) in [6.07, 6.45) is 13.1. The largest absolute Gasteiger partial charge is 0.327 e. The Kier molecular flexibility index (Phi) is 2.78. The summed E-state index contributed by atoms with van der Waals surface area (Å²) in [4.78, 5) is 0. The van der Waals surface area contributed by atoms with Crippen LogP contribution in [0, 0.1) is 23.2 Å². The first-order valence-electron chi connectivity index (χ1n) is 7.52. The van der Waals surface area contributed by atoms with Gasteiger partial charge in [-0.15, -0.1) is 0 Å². The van der Waals surface area contributed by atoms with E-state index in [-0.39, 0.29) is 0 Å². The van der Waals surface area contributed by atoms with Crippen LogP contribution < -0.4 is 5.73 Å². The van der Waals surface area contributed by atoms with E-state index in [2.05, 4.69) is 6.92 Å². The highest BCUT2D eigenvalue weighted by atomic mass is 14.8. The van der Waals surface area contributed by atoms with Gasteiger partial charge in [0.05, 0.1) is 0 Å². The highest BCUT2D eigenvalue weighted by Gasteiger charge is 2.57. The van der Waals surface area contributed by atoms with Crippen LogP contribution >= 0.6 is 0 Å². The SMILES string of the molecule is CCC[C@@H]1CCC[C@@]2(C1)[C@H]1CC[C@H](C1)[C@@H]2N. The molecule has 3 fully saturated rings. The molecular formula is C15H27N. The smallest absolute Gasteiger partial charge is 0.0127 e. The number of nitrogens with two attached hydrogens (primary N) is 1. The van der Waals surface area contributed by atoms with Crippen molar-refractivity contribution in [2.24, 2.45) is 28.9 Å². The maximum absolute atomic E-state index is 6.59. The minimum atomic E-state index is 0.561. The topological polar surface area (TPSA) is 26.0 Å². The summed E-state index contributed by atoms with van der Waals surface area (Å²) in [6, 6.07) is 0.561. The fourth-order valence-corrected chi connectivity index (χ4v) is 5.40. The normalized spacial score (nSPS) is 51.4. The molecule has 0 unspecified atom stereocenters. The molecule has 0 aromatic heterocycles. The second kappa shape index (κ2) is 4.01. The Morgan fingerprint density at radius 1 is 1.25 bits per heavy atom. The maximum Gasteiger partial charge on any atom is 0.0127 e. The van der Waals surface area contributed by atoms with E-state index in [9.17, 15) is 0 Å². The van der Waals surface area contributed by atoms with E-state index < -0.39 is 0 Å². The molecule has 2 bridgehead atoms. The monoisotopic (exact) mass is 221 g/mol. The second-order valence-electron chi connectivity index (χ2n) is 6.78. The Hall–Kier alpha value is -0.0400. The number of rotatable bonds is 2. The summed E-state index contributed by atoms with van der Waals surface area (Å²) in [5.74, 6) is 2.90. The fourth-order valence-electron chi connectivity index (χ4n) is 5.40. The number of hydrogen-bond acceptors (Lipinski definition) is 1. The van der Waals surface area contributed by atoms with E-state index in [0.29, 0.717) is 11.5 Å². The van der Waals surface area contributed by atoms with Crippen LogP contribution in [-0.4, -0.2) is 6.04 Å². The van der Waals surface area contributed by atoms with E-state index >= 15 is 0 Å². The van der Waals surface area contributed by atoms with Gasteiger partial charge in [-0.2, -0.15) is 0 Å². The molecular weight excluding hydrogens is 194 g/mol. The number of hydrogen-bond donors (Lipinski definition) is 1. The van der Waals surface area contributed by atoms with Crippen LogP contribution in [0.1, 0.15) is 64.7 Å². The van der Waals surface area contributed by atoms with Crippen molar-refractivity contribution in [2.45, 2.75) is 70.8 Å². The lowest BCUT2D eigenvalue weighted by Crippen LogP contribution is -2.48. The van der Waals surface area contributed by atoms with Crippen LogP contribution in [0.15, 0.2) is 0 Å². The molecule has 16 heavy (non-hydrogen) atoms. The van der Waals surface area contributed by atoms with Gasteiger partial charge in [-0.3, -0.25) is 0 Å². The number of fused-ring (bicyclic) bond motifs is 3. The van der Waals surface area contributed by atoms with Gasteiger partial charge in [0.25, 0.3) is 0 Å². The van der Waals surface area contributed by atoms with Crippen LogP contribution in [0.25, 0.3) is 0 Å². The summed E-state index contributed by atoms with van der Waals surface area (Å²) < 4.78 is 0. The Balaban J connectivity index is 1.77. The Bertz CT molecular complexity index is 256. The van der Waals surface area contributed by atoms with Crippen LogP contribution in [0.2, 0.25) is 0 Å². The lowest BCUT2D eigenvalue weighted by atomic mass is 9.59. The Morgan fingerprint density at radius 3 is 2.81 bits per heavy atom. The van der Waals surface area contributed by atoms with Gasteiger partial charge in [0.2, 0.25) is 0 Å². The molecule has 2 N–H and O–H groups in total. The van der Waals surface area contributed by atoms with E-state index in [1.165, 1.54) is 57.8 Å². The molecule has 1 heteroatoms. The molecule has 0 amide bonds. The zero-order chi connectivity index (χ0) is 11.2.